The number of rotatable bonds is 3. The summed E-state index contributed by atoms with van der Waals surface area (Å²) in [6.45, 7) is 4.78. The maximum Gasteiger partial charge on any atom is 0.254 e. The Hall–Kier alpha value is -4.03. The van der Waals surface area contributed by atoms with Gasteiger partial charge in [-0.15, -0.1) is 0 Å². The molecule has 0 atom stereocenters. The van der Waals surface area contributed by atoms with Gasteiger partial charge in [0, 0.05) is 55.1 Å². The van der Waals surface area contributed by atoms with E-state index < -0.39 is 5.82 Å². The Bertz CT molecular complexity index is 1370. The molecule has 3 heterocycles. The lowest BCUT2D eigenvalue weighted by molar-refractivity contribution is 0.0573. The summed E-state index contributed by atoms with van der Waals surface area (Å²) >= 11 is 0. The van der Waals surface area contributed by atoms with Gasteiger partial charge in [0.15, 0.2) is 0 Å². The molecule has 8 nitrogen and oxygen atoms in total. The monoisotopic (exact) mass is 499 g/mol. The fourth-order valence-electron chi connectivity index (χ4n) is 5.14. The largest absolute Gasteiger partial charge is 0.384 e. The Morgan fingerprint density at radius 3 is 2.46 bits per heavy atom. The second-order valence-corrected chi connectivity index (χ2v) is 9.57. The van der Waals surface area contributed by atoms with E-state index in [0.717, 1.165) is 13.1 Å². The molecule has 4 N–H and O–H groups in total. The Labute approximate surface area is 215 Å². The number of carbonyl (C=O) groups excluding carboxylic acids is 1. The van der Waals surface area contributed by atoms with Crippen molar-refractivity contribution in [3.8, 4) is 23.1 Å². The van der Waals surface area contributed by atoms with Crippen LogP contribution in [0.5, 0.6) is 0 Å². The van der Waals surface area contributed by atoms with Gasteiger partial charge in [-0.2, -0.15) is 0 Å². The van der Waals surface area contributed by atoms with Crippen LogP contribution in [0, 0.1) is 24.6 Å². The molecular weight excluding hydrogens is 469 g/mol. The number of hydrogen-bond acceptors (Lipinski definition) is 7. The molecule has 0 bridgehead atoms. The van der Waals surface area contributed by atoms with Crippen LogP contribution >= 0.6 is 0 Å². The van der Waals surface area contributed by atoms with Crippen molar-refractivity contribution in [1.29, 1.82) is 0 Å². The zero-order chi connectivity index (χ0) is 25.9. The van der Waals surface area contributed by atoms with Gasteiger partial charge in [0.25, 0.3) is 5.91 Å². The number of nitrogen functional groups attached to an aromatic ring is 2. The number of halogens is 1. The summed E-state index contributed by atoms with van der Waals surface area (Å²) in [4.78, 5) is 30.0. The molecule has 0 spiro atoms. The number of hydrogen-bond donors (Lipinski definition) is 2. The van der Waals surface area contributed by atoms with Crippen LogP contribution in [0.2, 0.25) is 0 Å². The summed E-state index contributed by atoms with van der Waals surface area (Å²) in [5, 5.41) is 0. The van der Waals surface area contributed by atoms with Crippen molar-refractivity contribution in [3.63, 3.8) is 0 Å². The third kappa shape index (κ3) is 5.39. The van der Waals surface area contributed by atoms with Gasteiger partial charge in [0.05, 0.1) is 17.0 Å². The van der Waals surface area contributed by atoms with E-state index in [1.807, 2.05) is 4.90 Å². The van der Waals surface area contributed by atoms with Crippen LogP contribution in [-0.4, -0.2) is 62.9 Å². The number of pyridine rings is 1. The second kappa shape index (κ2) is 10.5. The van der Waals surface area contributed by atoms with Crippen molar-refractivity contribution in [2.45, 2.75) is 38.6 Å². The van der Waals surface area contributed by atoms with E-state index in [2.05, 4.69) is 31.7 Å². The first-order valence-electron chi connectivity index (χ1n) is 12.6. The van der Waals surface area contributed by atoms with E-state index in [4.69, 9.17) is 11.5 Å². The fraction of sp³-hybridized carbons (Fsp3) is 0.357. The lowest BCUT2D eigenvalue weighted by Crippen LogP contribution is -2.51. The molecule has 2 fully saturated rings. The smallest absolute Gasteiger partial charge is 0.254 e. The van der Waals surface area contributed by atoms with Crippen LogP contribution in [-0.2, 0) is 0 Å². The van der Waals surface area contributed by atoms with Crippen LogP contribution in [0.4, 0.5) is 16.2 Å². The topological polar surface area (TPSA) is 114 Å². The minimum atomic E-state index is -0.565. The maximum atomic E-state index is 15.4. The number of carbonyl (C=O) groups is 1. The summed E-state index contributed by atoms with van der Waals surface area (Å²) in [5.74, 6) is 5.72. The van der Waals surface area contributed by atoms with E-state index >= 15 is 4.39 Å². The quantitative estimate of drug-likeness (QED) is 0.532. The van der Waals surface area contributed by atoms with Crippen LogP contribution in [0.15, 0.2) is 36.5 Å². The Balaban J connectivity index is 1.38. The molecule has 2 aliphatic rings. The molecule has 1 aromatic carbocycles. The summed E-state index contributed by atoms with van der Waals surface area (Å²) in [6, 6.07) is 8.52. The number of benzene rings is 1. The highest BCUT2D eigenvalue weighted by molar-refractivity contribution is 5.95. The summed E-state index contributed by atoms with van der Waals surface area (Å²) in [7, 11) is 0. The summed E-state index contributed by atoms with van der Waals surface area (Å²) < 4.78 is 15.4. The van der Waals surface area contributed by atoms with Crippen molar-refractivity contribution in [2.24, 2.45) is 0 Å². The van der Waals surface area contributed by atoms with Crippen molar-refractivity contribution >= 4 is 17.7 Å². The molecule has 2 aromatic heterocycles. The average Bonchev–Trinajstić information content (AvgIpc) is 3.44. The molecule has 1 aliphatic heterocycles. The standard InChI is InChI=1S/C28H30FN7O/c1-18-22(9-6-19-7-11-25(30)32-17-19)26(34-28(31)33-18)23-10-8-20(16-24(23)29)27(37)36-14-12-35(13-15-36)21-4-2-3-5-21/h7-8,10-11,16-17,21H,2-5,12-15H2,1H3,(H2,30,32)(H2,31,33,34). The first-order valence-corrected chi connectivity index (χ1v) is 12.6. The van der Waals surface area contributed by atoms with Crippen LogP contribution in [0.3, 0.4) is 0 Å². The number of aryl methyl sites for hydroxylation is 1. The minimum Gasteiger partial charge on any atom is -0.384 e. The highest BCUT2D eigenvalue weighted by Crippen LogP contribution is 2.28. The van der Waals surface area contributed by atoms with Gasteiger partial charge in [-0.3, -0.25) is 9.69 Å². The van der Waals surface area contributed by atoms with Crippen LogP contribution < -0.4 is 11.5 Å². The van der Waals surface area contributed by atoms with Crippen molar-refractivity contribution < 1.29 is 9.18 Å². The fourth-order valence-corrected chi connectivity index (χ4v) is 5.14. The number of nitrogens with zero attached hydrogens (tertiary/aromatic N) is 5. The summed E-state index contributed by atoms with van der Waals surface area (Å²) in [6.07, 6.45) is 6.63. The predicted molar refractivity (Wildman–Crippen MR) is 141 cm³/mol. The Kier molecular flexibility index (Phi) is 7.01. The number of nitrogens with two attached hydrogens (primary N) is 2. The highest BCUT2D eigenvalue weighted by Gasteiger charge is 2.28. The van der Waals surface area contributed by atoms with E-state index in [1.165, 1.54) is 31.7 Å². The van der Waals surface area contributed by atoms with Crippen LogP contribution in [0.1, 0.15) is 52.9 Å². The van der Waals surface area contributed by atoms with Gasteiger partial charge in [-0.25, -0.2) is 19.3 Å². The van der Waals surface area contributed by atoms with Crippen molar-refractivity contribution in [2.75, 3.05) is 37.6 Å². The molecule has 1 amide bonds. The molecule has 1 saturated heterocycles. The van der Waals surface area contributed by atoms with E-state index in [1.54, 1.807) is 37.4 Å². The third-order valence-electron chi connectivity index (χ3n) is 7.14. The van der Waals surface area contributed by atoms with Gasteiger partial charge in [-0.1, -0.05) is 24.7 Å². The summed E-state index contributed by atoms with van der Waals surface area (Å²) in [5.41, 5.74) is 14.0. The molecule has 37 heavy (non-hydrogen) atoms. The second-order valence-electron chi connectivity index (χ2n) is 9.57. The normalized spacial score (nSPS) is 16.4. The Morgan fingerprint density at radius 1 is 1.03 bits per heavy atom. The average molecular weight is 500 g/mol. The van der Waals surface area contributed by atoms with Gasteiger partial charge in [0.1, 0.15) is 11.6 Å². The molecule has 5 rings (SSSR count). The number of amides is 1. The molecule has 190 valence electrons. The SMILES string of the molecule is Cc1nc(N)nc(-c2ccc(C(=O)N3CCN(C4CCCC4)CC3)cc2F)c1C#Cc1ccc(N)nc1. The zero-order valence-electron chi connectivity index (χ0n) is 20.9. The molecular formula is C28H30FN7O. The van der Waals surface area contributed by atoms with E-state index in [0.29, 0.717) is 47.3 Å². The maximum absolute atomic E-state index is 15.4. The Morgan fingerprint density at radius 2 is 1.78 bits per heavy atom. The highest BCUT2D eigenvalue weighted by atomic mass is 19.1. The molecule has 0 radical (unpaired) electrons. The molecule has 0 unspecified atom stereocenters. The van der Waals surface area contributed by atoms with E-state index in [-0.39, 0.29) is 23.1 Å². The predicted octanol–water partition coefficient (Wildman–Crippen LogP) is 3.25. The van der Waals surface area contributed by atoms with E-state index in [9.17, 15) is 4.79 Å². The third-order valence-corrected chi connectivity index (χ3v) is 7.14. The van der Waals surface area contributed by atoms with Gasteiger partial charge in [0.2, 0.25) is 5.95 Å². The molecule has 9 heteroatoms. The number of aromatic nitrogens is 3. The van der Waals surface area contributed by atoms with Gasteiger partial charge in [-0.05, 0) is 50.1 Å². The first kappa shape index (κ1) is 24.7. The number of piperazine rings is 1. The van der Waals surface area contributed by atoms with Crippen molar-refractivity contribution in [3.05, 3.63) is 64.7 Å². The zero-order valence-corrected chi connectivity index (χ0v) is 20.9. The number of anilines is 2. The lowest BCUT2D eigenvalue weighted by atomic mass is 10.0. The molecule has 1 saturated carbocycles. The van der Waals surface area contributed by atoms with Gasteiger partial charge >= 0.3 is 0 Å². The van der Waals surface area contributed by atoms with Crippen LogP contribution in [0.25, 0.3) is 11.3 Å². The molecule has 1 aliphatic carbocycles. The minimum absolute atomic E-state index is 0.0203. The first-order chi connectivity index (χ1) is 17.9. The molecule has 3 aromatic rings. The lowest BCUT2D eigenvalue weighted by Gasteiger charge is -2.38. The van der Waals surface area contributed by atoms with Crippen molar-refractivity contribution in [1.82, 2.24) is 24.8 Å². The van der Waals surface area contributed by atoms with Gasteiger partial charge < -0.3 is 16.4 Å².